The van der Waals surface area contributed by atoms with Gasteiger partial charge in [0.25, 0.3) is 0 Å². The maximum absolute atomic E-state index is 5.92. The first-order valence-corrected chi connectivity index (χ1v) is 7.22. The molecule has 4 rings (SSSR count). The van der Waals surface area contributed by atoms with Gasteiger partial charge in [0.15, 0.2) is 11.6 Å². The zero-order valence-corrected chi connectivity index (χ0v) is 12.3. The summed E-state index contributed by atoms with van der Waals surface area (Å²) in [4.78, 5) is 0. The van der Waals surface area contributed by atoms with Crippen LogP contribution in [0.4, 0.5) is 5.69 Å². The third kappa shape index (κ3) is 1.94. The Labute approximate surface area is 128 Å². The molecule has 110 valence electrons. The molecule has 0 atom stereocenters. The summed E-state index contributed by atoms with van der Waals surface area (Å²) >= 11 is 0. The molecule has 1 aliphatic heterocycles. The molecule has 3 aromatic rings. The van der Waals surface area contributed by atoms with Crippen molar-refractivity contribution in [3.05, 3.63) is 48.0 Å². The molecule has 0 unspecified atom stereocenters. The second kappa shape index (κ2) is 4.87. The lowest BCUT2D eigenvalue weighted by atomic mass is 10.00. The number of rotatable bonds is 2. The van der Waals surface area contributed by atoms with Crippen LogP contribution in [0.25, 0.3) is 22.8 Å². The van der Waals surface area contributed by atoms with Crippen LogP contribution in [0.5, 0.6) is 5.75 Å². The van der Waals surface area contributed by atoms with Gasteiger partial charge < -0.3 is 15.0 Å². The molecule has 1 aromatic heterocycles. The van der Waals surface area contributed by atoms with Crippen LogP contribution in [0.3, 0.4) is 0 Å². The average Bonchev–Trinajstić information content (AvgIpc) is 2.99. The molecule has 0 radical (unpaired) electrons. The number of ether oxygens (including phenoxy) is 1. The van der Waals surface area contributed by atoms with Crippen molar-refractivity contribution in [2.75, 3.05) is 12.8 Å². The van der Waals surface area contributed by atoms with E-state index >= 15 is 0 Å². The SMILES string of the molecule is COc1ccc(-c2nnc3n2CCc2ccc(N)cc2-3)cc1. The highest BCUT2D eigenvalue weighted by molar-refractivity contribution is 5.70. The smallest absolute Gasteiger partial charge is 0.164 e. The van der Waals surface area contributed by atoms with Gasteiger partial charge in [-0.2, -0.15) is 0 Å². The van der Waals surface area contributed by atoms with Gasteiger partial charge in [-0.1, -0.05) is 6.07 Å². The molecule has 0 spiro atoms. The van der Waals surface area contributed by atoms with E-state index < -0.39 is 0 Å². The van der Waals surface area contributed by atoms with E-state index in [2.05, 4.69) is 20.8 Å². The maximum Gasteiger partial charge on any atom is 0.164 e. The van der Waals surface area contributed by atoms with Crippen molar-refractivity contribution in [2.24, 2.45) is 0 Å². The number of nitrogen functional groups attached to an aromatic ring is 1. The summed E-state index contributed by atoms with van der Waals surface area (Å²) in [5, 5.41) is 8.77. The lowest BCUT2D eigenvalue weighted by Gasteiger charge is -2.19. The topological polar surface area (TPSA) is 66.0 Å². The first-order valence-electron chi connectivity index (χ1n) is 7.22. The van der Waals surface area contributed by atoms with Crippen LogP contribution in [-0.4, -0.2) is 21.9 Å². The Kier molecular flexibility index (Phi) is 2.85. The number of methoxy groups -OCH3 is 1. The summed E-state index contributed by atoms with van der Waals surface area (Å²) in [6.07, 6.45) is 0.962. The summed E-state index contributed by atoms with van der Waals surface area (Å²) < 4.78 is 7.36. The Morgan fingerprint density at radius 1 is 1.05 bits per heavy atom. The fraction of sp³-hybridized carbons (Fsp3) is 0.176. The van der Waals surface area contributed by atoms with Gasteiger partial charge in [0, 0.05) is 23.4 Å². The lowest BCUT2D eigenvalue weighted by molar-refractivity contribution is 0.415. The molecule has 0 saturated heterocycles. The number of hydrogen-bond donors (Lipinski definition) is 1. The quantitative estimate of drug-likeness (QED) is 0.738. The lowest BCUT2D eigenvalue weighted by Crippen LogP contribution is -2.12. The van der Waals surface area contributed by atoms with Gasteiger partial charge in [0.2, 0.25) is 0 Å². The molecule has 0 fully saturated rings. The van der Waals surface area contributed by atoms with Gasteiger partial charge in [-0.25, -0.2) is 0 Å². The Bertz CT molecular complexity index is 836. The minimum atomic E-state index is 0.751. The standard InChI is InChI=1S/C17H16N4O/c1-22-14-6-3-12(4-7-14)16-19-20-17-15-10-13(18)5-2-11(15)8-9-21(16)17/h2-7,10H,8-9,18H2,1H3. The second-order valence-electron chi connectivity index (χ2n) is 5.39. The van der Waals surface area contributed by atoms with Crippen molar-refractivity contribution in [2.45, 2.75) is 13.0 Å². The van der Waals surface area contributed by atoms with Crippen LogP contribution in [0, 0.1) is 0 Å². The predicted octanol–water partition coefficient (Wildman–Crippen LogP) is 2.76. The first-order chi connectivity index (χ1) is 10.8. The average molecular weight is 292 g/mol. The van der Waals surface area contributed by atoms with E-state index in [1.165, 1.54) is 5.56 Å². The molecule has 1 aliphatic rings. The maximum atomic E-state index is 5.92. The van der Waals surface area contributed by atoms with Gasteiger partial charge in [0.1, 0.15) is 5.75 Å². The number of fused-ring (bicyclic) bond motifs is 3. The number of anilines is 1. The van der Waals surface area contributed by atoms with Gasteiger partial charge >= 0.3 is 0 Å². The zero-order chi connectivity index (χ0) is 15.1. The van der Waals surface area contributed by atoms with Crippen molar-refractivity contribution in [3.63, 3.8) is 0 Å². The molecule has 2 aromatic carbocycles. The van der Waals surface area contributed by atoms with E-state index in [1.807, 2.05) is 36.4 Å². The molecule has 0 saturated carbocycles. The van der Waals surface area contributed by atoms with E-state index in [0.29, 0.717) is 0 Å². The van der Waals surface area contributed by atoms with Gasteiger partial charge in [-0.3, -0.25) is 0 Å². The molecule has 2 N–H and O–H groups in total. The van der Waals surface area contributed by atoms with Crippen LogP contribution in [0.2, 0.25) is 0 Å². The molecular weight excluding hydrogens is 276 g/mol. The molecule has 22 heavy (non-hydrogen) atoms. The van der Waals surface area contributed by atoms with Crippen LogP contribution in [0.1, 0.15) is 5.56 Å². The van der Waals surface area contributed by atoms with Gasteiger partial charge in [-0.05, 0) is 48.4 Å². The molecule has 5 heteroatoms. The summed E-state index contributed by atoms with van der Waals surface area (Å²) in [7, 11) is 1.66. The number of nitrogens with zero attached hydrogens (tertiary/aromatic N) is 3. The van der Waals surface area contributed by atoms with Crippen LogP contribution in [0.15, 0.2) is 42.5 Å². The highest BCUT2D eigenvalue weighted by Gasteiger charge is 2.22. The number of nitrogens with two attached hydrogens (primary N) is 1. The second-order valence-corrected chi connectivity index (χ2v) is 5.39. The minimum Gasteiger partial charge on any atom is -0.497 e. The van der Waals surface area contributed by atoms with E-state index in [4.69, 9.17) is 10.5 Å². The van der Waals surface area contributed by atoms with E-state index in [-0.39, 0.29) is 0 Å². The number of aryl methyl sites for hydroxylation is 1. The van der Waals surface area contributed by atoms with Crippen molar-refractivity contribution in [1.29, 1.82) is 0 Å². The largest absolute Gasteiger partial charge is 0.497 e. The van der Waals surface area contributed by atoms with Crippen molar-refractivity contribution >= 4 is 5.69 Å². The normalized spacial score (nSPS) is 12.6. The molecule has 5 nitrogen and oxygen atoms in total. The van der Waals surface area contributed by atoms with E-state index in [1.54, 1.807) is 7.11 Å². The van der Waals surface area contributed by atoms with Gasteiger partial charge in [0.05, 0.1) is 7.11 Å². The molecule has 0 amide bonds. The summed E-state index contributed by atoms with van der Waals surface area (Å²) in [5.41, 5.74) is 10.1. The number of hydrogen-bond acceptors (Lipinski definition) is 4. The summed E-state index contributed by atoms with van der Waals surface area (Å²) in [6.45, 7) is 0.876. The van der Waals surface area contributed by atoms with E-state index in [9.17, 15) is 0 Å². The third-order valence-corrected chi connectivity index (χ3v) is 4.08. The van der Waals surface area contributed by atoms with E-state index in [0.717, 1.165) is 47.2 Å². The number of benzene rings is 2. The molecule has 0 bridgehead atoms. The highest BCUT2D eigenvalue weighted by atomic mass is 16.5. The number of aromatic nitrogens is 3. The predicted molar refractivity (Wildman–Crippen MR) is 85.6 cm³/mol. The fourth-order valence-corrected chi connectivity index (χ4v) is 2.92. The highest BCUT2D eigenvalue weighted by Crippen LogP contribution is 2.33. The third-order valence-electron chi connectivity index (χ3n) is 4.08. The Morgan fingerprint density at radius 2 is 1.82 bits per heavy atom. The molecule has 0 aliphatic carbocycles. The summed E-state index contributed by atoms with van der Waals surface area (Å²) in [6, 6.07) is 13.9. The van der Waals surface area contributed by atoms with Crippen molar-refractivity contribution in [3.8, 4) is 28.5 Å². The molecule has 2 heterocycles. The van der Waals surface area contributed by atoms with Gasteiger partial charge in [-0.15, -0.1) is 10.2 Å². The summed E-state index contributed by atoms with van der Waals surface area (Å²) in [5.74, 6) is 2.60. The van der Waals surface area contributed by atoms with Crippen molar-refractivity contribution < 1.29 is 4.74 Å². The molecular formula is C17H16N4O. The monoisotopic (exact) mass is 292 g/mol. The Balaban J connectivity index is 1.82. The van der Waals surface area contributed by atoms with Crippen LogP contribution < -0.4 is 10.5 Å². The van der Waals surface area contributed by atoms with Crippen molar-refractivity contribution in [1.82, 2.24) is 14.8 Å². The van der Waals surface area contributed by atoms with Crippen LogP contribution in [-0.2, 0) is 13.0 Å². The zero-order valence-electron chi connectivity index (χ0n) is 12.3. The first kappa shape index (κ1) is 12.9. The Morgan fingerprint density at radius 3 is 2.59 bits per heavy atom. The Hall–Kier alpha value is -2.82. The fourth-order valence-electron chi connectivity index (χ4n) is 2.92. The van der Waals surface area contributed by atoms with Crippen LogP contribution >= 0.6 is 0 Å². The minimum absolute atomic E-state index is 0.751.